The van der Waals surface area contributed by atoms with Crippen molar-refractivity contribution in [3.63, 3.8) is 0 Å². The summed E-state index contributed by atoms with van der Waals surface area (Å²) in [6, 6.07) is 8.93. The number of morpholine rings is 2. The van der Waals surface area contributed by atoms with Gasteiger partial charge in [0.05, 0.1) is 44.7 Å². The molecule has 0 saturated carbocycles. The van der Waals surface area contributed by atoms with E-state index in [1.165, 1.54) is 7.11 Å². The number of hydrogen-bond donors (Lipinski definition) is 1. The molecule has 2 aliphatic rings. The second-order valence-electron chi connectivity index (χ2n) is 8.37. The van der Waals surface area contributed by atoms with Crippen molar-refractivity contribution in [1.29, 1.82) is 0 Å². The third kappa shape index (κ3) is 5.20. The normalized spacial score (nSPS) is 16.4. The van der Waals surface area contributed by atoms with E-state index >= 15 is 0 Å². The Morgan fingerprint density at radius 3 is 2.54 bits per heavy atom. The molecular weight excluding hydrogens is 452 g/mol. The third-order valence-corrected chi connectivity index (χ3v) is 6.08. The van der Waals surface area contributed by atoms with Gasteiger partial charge in [-0.3, -0.25) is 14.3 Å². The third-order valence-electron chi connectivity index (χ3n) is 6.08. The minimum absolute atomic E-state index is 0.00665. The molecule has 2 aromatic heterocycles. The van der Waals surface area contributed by atoms with E-state index in [0.29, 0.717) is 62.2 Å². The highest BCUT2D eigenvalue weighted by Gasteiger charge is 2.19. The Kier molecular flexibility index (Phi) is 6.77. The molecule has 11 nitrogen and oxygen atoms in total. The van der Waals surface area contributed by atoms with Crippen molar-refractivity contribution >= 4 is 34.2 Å². The first kappa shape index (κ1) is 23.1. The van der Waals surface area contributed by atoms with Gasteiger partial charge in [0.2, 0.25) is 5.91 Å². The van der Waals surface area contributed by atoms with Crippen molar-refractivity contribution in [1.82, 2.24) is 19.7 Å². The Hall–Kier alpha value is -3.70. The number of carbonyl (C=O) groups excluding carboxylic acids is 2. The van der Waals surface area contributed by atoms with Gasteiger partial charge in [-0.2, -0.15) is 5.10 Å². The van der Waals surface area contributed by atoms with Gasteiger partial charge in [0, 0.05) is 43.8 Å². The van der Waals surface area contributed by atoms with Crippen LogP contribution in [0.1, 0.15) is 10.5 Å². The van der Waals surface area contributed by atoms with E-state index in [1.807, 2.05) is 12.1 Å². The van der Waals surface area contributed by atoms with Crippen molar-refractivity contribution in [3.8, 4) is 5.75 Å². The van der Waals surface area contributed by atoms with Gasteiger partial charge in [-0.1, -0.05) is 6.07 Å². The van der Waals surface area contributed by atoms with Gasteiger partial charge in [-0.05, 0) is 18.2 Å². The molecule has 1 N–H and O–H groups in total. The van der Waals surface area contributed by atoms with Crippen LogP contribution in [0.5, 0.6) is 5.75 Å². The summed E-state index contributed by atoms with van der Waals surface area (Å²) in [5.74, 6) is 0.870. The zero-order valence-corrected chi connectivity index (χ0v) is 19.6. The molecule has 4 heterocycles. The molecule has 35 heavy (non-hydrogen) atoms. The Bertz CT molecular complexity index is 1220. The molecule has 2 saturated heterocycles. The van der Waals surface area contributed by atoms with Crippen LogP contribution < -0.4 is 15.0 Å². The quantitative estimate of drug-likeness (QED) is 0.564. The van der Waals surface area contributed by atoms with Gasteiger partial charge in [-0.25, -0.2) is 4.98 Å². The van der Waals surface area contributed by atoms with E-state index in [4.69, 9.17) is 14.2 Å². The largest absolute Gasteiger partial charge is 0.494 e. The Balaban J connectivity index is 1.33. The van der Waals surface area contributed by atoms with E-state index in [9.17, 15) is 9.59 Å². The van der Waals surface area contributed by atoms with Gasteiger partial charge in [-0.15, -0.1) is 0 Å². The van der Waals surface area contributed by atoms with E-state index in [1.54, 1.807) is 34.0 Å². The monoisotopic (exact) mass is 480 g/mol. The number of methoxy groups -OCH3 is 1. The predicted octanol–water partition coefficient (Wildman–Crippen LogP) is 1.39. The van der Waals surface area contributed by atoms with Crippen LogP contribution in [0.4, 0.5) is 11.5 Å². The maximum atomic E-state index is 13.0. The standard InChI is InChI=1S/C24H28N6O5/c1-33-21-14-19-17(15-30(27-19)16-23(31)29-7-11-35-12-8-29)13-20(21)26-24(32)18-3-2-4-22(25-18)28-5-9-34-10-6-28/h2-4,13-15H,5-12,16H2,1H3,(H,26,32). The smallest absolute Gasteiger partial charge is 0.274 e. The zero-order valence-electron chi connectivity index (χ0n) is 19.6. The van der Waals surface area contributed by atoms with Crippen LogP contribution >= 0.6 is 0 Å². The molecular formula is C24H28N6O5. The first-order valence-corrected chi connectivity index (χ1v) is 11.6. The topological polar surface area (TPSA) is 111 Å². The fourth-order valence-electron chi connectivity index (χ4n) is 4.21. The molecule has 0 spiro atoms. The number of nitrogens with one attached hydrogen (secondary N) is 1. The molecule has 1 aromatic carbocycles. The summed E-state index contributed by atoms with van der Waals surface area (Å²) in [4.78, 5) is 34.0. The highest BCUT2D eigenvalue weighted by atomic mass is 16.5. The SMILES string of the molecule is COc1cc2nn(CC(=O)N3CCOCC3)cc2cc1NC(=O)c1cccc(N2CCOCC2)n1. The molecule has 2 amide bonds. The van der Waals surface area contributed by atoms with Crippen LogP contribution in [0.15, 0.2) is 36.5 Å². The minimum Gasteiger partial charge on any atom is -0.494 e. The van der Waals surface area contributed by atoms with Crippen LogP contribution in [0.2, 0.25) is 0 Å². The van der Waals surface area contributed by atoms with Crippen LogP contribution in [-0.4, -0.2) is 91.2 Å². The van der Waals surface area contributed by atoms with Gasteiger partial charge < -0.3 is 29.3 Å². The molecule has 2 fully saturated rings. The lowest BCUT2D eigenvalue weighted by atomic mass is 10.2. The highest BCUT2D eigenvalue weighted by Crippen LogP contribution is 2.30. The number of ether oxygens (including phenoxy) is 3. The van der Waals surface area contributed by atoms with Crippen molar-refractivity contribution in [2.45, 2.75) is 6.54 Å². The number of hydrogen-bond acceptors (Lipinski definition) is 8. The van der Waals surface area contributed by atoms with Crippen LogP contribution in [0.25, 0.3) is 10.9 Å². The van der Waals surface area contributed by atoms with E-state index in [2.05, 4.69) is 20.3 Å². The Morgan fingerprint density at radius 2 is 1.80 bits per heavy atom. The lowest BCUT2D eigenvalue weighted by Gasteiger charge is -2.27. The van der Waals surface area contributed by atoms with E-state index in [0.717, 1.165) is 24.3 Å². The zero-order chi connectivity index (χ0) is 24.2. The summed E-state index contributed by atoms with van der Waals surface area (Å²) in [5, 5.41) is 8.20. The van der Waals surface area contributed by atoms with Crippen LogP contribution in [-0.2, 0) is 20.8 Å². The summed E-state index contributed by atoms with van der Waals surface area (Å²) >= 11 is 0. The predicted molar refractivity (Wildman–Crippen MR) is 129 cm³/mol. The van der Waals surface area contributed by atoms with Gasteiger partial charge >= 0.3 is 0 Å². The highest BCUT2D eigenvalue weighted by molar-refractivity contribution is 6.05. The van der Waals surface area contributed by atoms with Gasteiger partial charge in [0.25, 0.3) is 5.91 Å². The second kappa shape index (κ2) is 10.3. The second-order valence-corrected chi connectivity index (χ2v) is 8.37. The molecule has 0 atom stereocenters. The van der Waals surface area contributed by atoms with E-state index < -0.39 is 0 Å². The first-order valence-electron chi connectivity index (χ1n) is 11.6. The number of rotatable bonds is 6. The van der Waals surface area contributed by atoms with Crippen molar-refractivity contribution in [2.24, 2.45) is 0 Å². The molecule has 2 aliphatic heterocycles. The lowest BCUT2D eigenvalue weighted by Crippen LogP contribution is -2.42. The average molecular weight is 481 g/mol. The fraction of sp³-hybridized carbons (Fsp3) is 0.417. The minimum atomic E-state index is -0.340. The number of nitrogens with zero attached hydrogens (tertiary/aromatic N) is 5. The van der Waals surface area contributed by atoms with Crippen molar-refractivity contribution < 1.29 is 23.8 Å². The maximum absolute atomic E-state index is 13.0. The van der Waals surface area contributed by atoms with Gasteiger partial charge in [0.15, 0.2) is 0 Å². The number of aromatic nitrogens is 3. The molecule has 0 aliphatic carbocycles. The summed E-state index contributed by atoms with van der Waals surface area (Å²) in [6.07, 6.45) is 1.79. The molecule has 3 aromatic rings. The molecule has 0 unspecified atom stereocenters. The summed E-state index contributed by atoms with van der Waals surface area (Å²) in [6.45, 7) is 5.17. The number of carbonyl (C=O) groups is 2. The maximum Gasteiger partial charge on any atom is 0.274 e. The average Bonchev–Trinajstić information content (AvgIpc) is 3.30. The Morgan fingerprint density at radius 1 is 1.06 bits per heavy atom. The fourth-order valence-corrected chi connectivity index (χ4v) is 4.21. The molecule has 11 heteroatoms. The summed E-state index contributed by atoms with van der Waals surface area (Å²) < 4.78 is 17.8. The molecule has 0 bridgehead atoms. The number of pyridine rings is 1. The summed E-state index contributed by atoms with van der Waals surface area (Å²) in [5.41, 5.74) is 1.48. The number of anilines is 2. The van der Waals surface area contributed by atoms with Crippen LogP contribution in [0, 0.1) is 0 Å². The van der Waals surface area contributed by atoms with Gasteiger partial charge in [0.1, 0.15) is 23.8 Å². The Labute approximate surface area is 202 Å². The first-order chi connectivity index (χ1) is 17.1. The number of amides is 2. The van der Waals surface area contributed by atoms with Crippen molar-refractivity contribution in [3.05, 3.63) is 42.2 Å². The summed E-state index contributed by atoms with van der Waals surface area (Å²) in [7, 11) is 1.53. The van der Waals surface area contributed by atoms with E-state index in [-0.39, 0.29) is 18.4 Å². The lowest BCUT2D eigenvalue weighted by molar-refractivity contribution is -0.136. The molecule has 0 radical (unpaired) electrons. The number of fused-ring (bicyclic) bond motifs is 1. The molecule has 184 valence electrons. The number of benzene rings is 1. The van der Waals surface area contributed by atoms with Crippen LogP contribution in [0.3, 0.4) is 0 Å². The molecule has 5 rings (SSSR count). The van der Waals surface area contributed by atoms with Crippen molar-refractivity contribution in [2.75, 3.05) is 69.9 Å².